The molecule has 1 aliphatic heterocycles. The summed E-state index contributed by atoms with van der Waals surface area (Å²) in [4.78, 5) is 26.9. The van der Waals surface area contributed by atoms with E-state index in [2.05, 4.69) is 6.08 Å². The molecule has 0 atom stereocenters. The molecule has 0 unspecified atom stereocenters. The molecule has 0 N–H and O–H groups in total. The SMILES string of the molecule is Cc1ccc(C(=O)N2CC=C(c3cccc(OC(C)(C)C(=O)OC(C)C)c3)CC2)cc1. The zero-order valence-corrected chi connectivity index (χ0v) is 19.0. The Hall–Kier alpha value is -3.08. The van der Waals surface area contributed by atoms with E-state index in [1.807, 2.05) is 74.2 Å². The first-order valence-corrected chi connectivity index (χ1v) is 10.7. The van der Waals surface area contributed by atoms with E-state index in [1.54, 1.807) is 13.8 Å². The van der Waals surface area contributed by atoms with Crippen LogP contribution in [0.3, 0.4) is 0 Å². The van der Waals surface area contributed by atoms with Crippen LogP contribution in [0.25, 0.3) is 5.57 Å². The van der Waals surface area contributed by atoms with E-state index in [0.29, 0.717) is 24.4 Å². The van der Waals surface area contributed by atoms with Gasteiger partial charge in [0.15, 0.2) is 5.60 Å². The summed E-state index contributed by atoms with van der Waals surface area (Å²) in [6.07, 6.45) is 2.66. The van der Waals surface area contributed by atoms with E-state index in [4.69, 9.17) is 9.47 Å². The summed E-state index contributed by atoms with van der Waals surface area (Å²) in [7, 11) is 0. The number of rotatable bonds is 6. The highest BCUT2D eigenvalue weighted by molar-refractivity contribution is 5.94. The van der Waals surface area contributed by atoms with Crippen LogP contribution in [0.1, 0.15) is 55.6 Å². The van der Waals surface area contributed by atoms with Gasteiger partial charge in [0.05, 0.1) is 6.10 Å². The van der Waals surface area contributed by atoms with Crippen LogP contribution in [0.2, 0.25) is 0 Å². The van der Waals surface area contributed by atoms with Crippen molar-refractivity contribution in [2.24, 2.45) is 0 Å². The predicted molar refractivity (Wildman–Crippen MR) is 122 cm³/mol. The van der Waals surface area contributed by atoms with Gasteiger partial charge in [0.25, 0.3) is 5.91 Å². The van der Waals surface area contributed by atoms with Gasteiger partial charge in [-0.15, -0.1) is 0 Å². The Morgan fingerprint density at radius 2 is 1.77 bits per heavy atom. The molecule has 5 heteroatoms. The van der Waals surface area contributed by atoms with Gasteiger partial charge in [0, 0.05) is 18.7 Å². The van der Waals surface area contributed by atoms with Crippen LogP contribution in [0.4, 0.5) is 0 Å². The molecule has 1 aliphatic rings. The Balaban J connectivity index is 1.68. The van der Waals surface area contributed by atoms with Crippen LogP contribution in [0.5, 0.6) is 5.75 Å². The predicted octanol–water partition coefficient (Wildman–Crippen LogP) is 5.03. The summed E-state index contributed by atoms with van der Waals surface area (Å²) >= 11 is 0. The van der Waals surface area contributed by atoms with Gasteiger partial charge >= 0.3 is 5.97 Å². The quantitative estimate of drug-likeness (QED) is 0.614. The van der Waals surface area contributed by atoms with Crippen LogP contribution in [-0.4, -0.2) is 41.6 Å². The summed E-state index contributed by atoms with van der Waals surface area (Å²) in [6.45, 7) is 10.3. The Labute approximate surface area is 184 Å². The van der Waals surface area contributed by atoms with Crippen molar-refractivity contribution in [2.45, 2.75) is 52.7 Å². The third-order valence-electron chi connectivity index (χ3n) is 5.21. The molecule has 2 aromatic rings. The van der Waals surface area contributed by atoms with Gasteiger partial charge < -0.3 is 14.4 Å². The molecule has 0 spiro atoms. The van der Waals surface area contributed by atoms with Crippen molar-refractivity contribution in [3.05, 3.63) is 71.3 Å². The molecule has 1 heterocycles. The minimum absolute atomic E-state index is 0.0535. The second-order valence-corrected chi connectivity index (χ2v) is 8.69. The van der Waals surface area contributed by atoms with Crippen molar-refractivity contribution in [3.63, 3.8) is 0 Å². The Morgan fingerprint density at radius 1 is 1.06 bits per heavy atom. The average molecular weight is 422 g/mol. The van der Waals surface area contributed by atoms with Gasteiger partial charge in [-0.05, 0) is 76.4 Å². The van der Waals surface area contributed by atoms with E-state index in [9.17, 15) is 9.59 Å². The molecule has 3 rings (SSSR count). The molecule has 0 fully saturated rings. The van der Waals surface area contributed by atoms with Crippen LogP contribution in [0, 0.1) is 6.92 Å². The summed E-state index contributed by atoms with van der Waals surface area (Å²) in [5.41, 5.74) is 2.98. The maximum Gasteiger partial charge on any atom is 0.350 e. The molecular formula is C26H31NO4. The number of hydrogen-bond donors (Lipinski definition) is 0. The fourth-order valence-corrected chi connectivity index (χ4v) is 3.45. The summed E-state index contributed by atoms with van der Waals surface area (Å²) in [5, 5.41) is 0. The Kier molecular flexibility index (Phi) is 6.84. The van der Waals surface area contributed by atoms with E-state index in [0.717, 1.165) is 17.5 Å². The van der Waals surface area contributed by atoms with Gasteiger partial charge in [-0.1, -0.05) is 35.9 Å². The van der Waals surface area contributed by atoms with Crippen molar-refractivity contribution in [3.8, 4) is 5.75 Å². The molecule has 0 radical (unpaired) electrons. The molecule has 0 saturated heterocycles. The number of esters is 1. The van der Waals surface area contributed by atoms with Crippen LogP contribution < -0.4 is 4.74 Å². The molecule has 0 saturated carbocycles. The highest BCUT2D eigenvalue weighted by atomic mass is 16.6. The Bertz CT molecular complexity index is 973. The van der Waals surface area contributed by atoms with Gasteiger partial charge in [-0.25, -0.2) is 4.79 Å². The highest BCUT2D eigenvalue weighted by Crippen LogP contribution is 2.28. The lowest BCUT2D eigenvalue weighted by Gasteiger charge is -2.28. The minimum Gasteiger partial charge on any atom is -0.476 e. The van der Waals surface area contributed by atoms with E-state index in [1.165, 1.54) is 5.57 Å². The molecule has 0 aliphatic carbocycles. The zero-order chi connectivity index (χ0) is 22.6. The highest BCUT2D eigenvalue weighted by Gasteiger charge is 2.32. The number of benzene rings is 2. The summed E-state index contributed by atoms with van der Waals surface area (Å²) < 4.78 is 11.3. The van der Waals surface area contributed by atoms with Gasteiger partial charge in [-0.2, -0.15) is 0 Å². The van der Waals surface area contributed by atoms with E-state index >= 15 is 0 Å². The molecule has 2 aromatic carbocycles. The van der Waals surface area contributed by atoms with Crippen LogP contribution >= 0.6 is 0 Å². The van der Waals surface area contributed by atoms with Gasteiger partial charge in [-0.3, -0.25) is 4.79 Å². The molecule has 1 amide bonds. The largest absolute Gasteiger partial charge is 0.476 e. The fraction of sp³-hybridized carbons (Fsp3) is 0.385. The number of aryl methyl sites for hydroxylation is 1. The number of carbonyl (C=O) groups is 2. The minimum atomic E-state index is -1.08. The summed E-state index contributed by atoms with van der Waals surface area (Å²) in [6, 6.07) is 15.4. The number of ether oxygens (including phenoxy) is 2. The van der Waals surface area contributed by atoms with Crippen LogP contribution in [0.15, 0.2) is 54.6 Å². The molecule has 31 heavy (non-hydrogen) atoms. The average Bonchev–Trinajstić information content (AvgIpc) is 2.73. The Morgan fingerprint density at radius 3 is 2.39 bits per heavy atom. The third kappa shape index (κ3) is 5.75. The maximum atomic E-state index is 12.7. The lowest BCUT2D eigenvalue weighted by Crippen LogP contribution is -2.40. The lowest BCUT2D eigenvalue weighted by atomic mass is 9.98. The van der Waals surface area contributed by atoms with Crippen molar-refractivity contribution in [1.82, 2.24) is 4.90 Å². The van der Waals surface area contributed by atoms with E-state index in [-0.39, 0.29) is 12.0 Å². The first kappa shape index (κ1) is 22.6. The fourth-order valence-electron chi connectivity index (χ4n) is 3.45. The molecule has 0 aromatic heterocycles. The third-order valence-corrected chi connectivity index (χ3v) is 5.21. The van der Waals surface area contributed by atoms with Crippen molar-refractivity contribution < 1.29 is 19.1 Å². The van der Waals surface area contributed by atoms with Crippen molar-refractivity contribution in [2.75, 3.05) is 13.1 Å². The standard InChI is InChI=1S/C26H31NO4/c1-18(2)30-25(29)26(4,5)31-23-8-6-7-22(17-23)20-13-15-27(16-14-20)24(28)21-11-9-19(3)10-12-21/h6-13,17-18H,14-16H2,1-5H3. The van der Waals surface area contributed by atoms with Crippen molar-refractivity contribution >= 4 is 17.4 Å². The smallest absolute Gasteiger partial charge is 0.350 e. The summed E-state index contributed by atoms with van der Waals surface area (Å²) in [5.74, 6) is 0.273. The number of nitrogens with zero attached hydrogens (tertiary/aromatic N) is 1. The first-order chi connectivity index (χ1) is 14.7. The molecular weight excluding hydrogens is 390 g/mol. The number of carbonyl (C=O) groups excluding carboxylic acids is 2. The number of amides is 1. The van der Waals surface area contributed by atoms with Crippen molar-refractivity contribution in [1.29, 1.82) is 0 Å². The molecule has 164 valence electrons. The zero-order valence-electron chi connectivity index (χ0n) is 19.0. The van der Waals surface area contributed by atoms with Crippen LogP contribution in [-0.2, 0) is 9.53 Å². The van der Waals surface area contributed by atoms with Gasteiger partial charge in [0.1, 0.15) is 5.75 Å². The molecule has 0 bridgehead atoms. The van der Waals surface area contributed by atoms with Gasteiger partial charge in [0.2, 0.25) is 0 Å². The monoisotopic (exact) mass is 421 g/mol. The normalized spacial score (nSPS) is 14.3. The second-order valence-electron chi connectivity index (χ2n) is 8.69. The number of hydrogen-bond acceptors (Lipinski definition) is 4. The van der Waals surface area contributed by atoms with E-state index < -0.39 is 11.6 Å². The molecule has 5 nitrogen and oxygen atoms in total. The lowest BCUT2D eigenvalue weighted by molar-refractivity contribution is -0.163. The first-order valence-electron chi connectivity index (χ1n) is 10.7. The maximum absolute atomic E-state index is 12.7. The topological polar surface area (TPSA) is 55.8 Å². The second kappa shape index (κ2) is 9.38.